The van der Waals surface area contributed by atoms with E-state index >= 15 is 0 Å². The van der Waals surface area contributed by atoms with Gasteiger partial charge in [0.05, 0.1) is 0 Å². The molecule has 0 saturated heterocycles. The molecule has 0 spiro atoms. The van der Waals surface area contributed by atoms with Crippen LogP contribution in [0.2, 0.25) is 5.02 Å². The molecule has 0 amide bonds. The maximum Gasteiger partial charge on any atom is 0.124 e. The van der Waals surface area contributed by atoms with Gasteiger partial charge in [0, 0.05) is 17.6 Å². The van der Waals surface area contributed by atoms with Gasteiger partial charge in [-0.15, -0.1) is 0 Å². The Morgan fingerprint density at radius 2 is 2.06 bits per heavy atom. The highest BCUT2D eigenvalue weighted by Crippen LogP contribution is 2.24. The molecular formula is C15H24ClNO. The monoisotopic (exact) mass is 269 g/mol. The van der Waals surface area contributed by atoms with Crippen molar-refractivity contribution in [3.8, 4) is 5.75 Å². The largest absolute Gasteiger partial charge is 0.489 e. The van der Waals surface area contributed by atoms with E-state index in [1.807, 2.05) is 25.1 Å². The van der Waals surface area contributed by atoms with Gasteiger partial charge in [-0.3, -0.25) is 0 Å². The van der Waals surface area contributed by atoms with Gasteiger partial charge in [-0.25, -0.2) is 0 Å². The van der Waals surface area contributed by atoms with Crippen molar-refractivity contribution in [2.75, 3.05) is 6.54 Å². The number of hydrogen-bond donors (Lipinski definition) is 1. The predicted molar refractivity (Wildman–Crippen MR) is 78.7 cm³/mol. The Labute approximate surface area is 116 Å². The lowest BCUT2D eigenvalue weighted by molar-refractivity contribution is 0.182. The average molecular weight is 270 g/mol. The number of ether oxygens (including phenoxy) is 1. The van der Waals surface area contributed by atoms with Crippen LogP contribution < -0.4 is 10.1 Å². The topological polar surface area (TPSA) is 21.3 Å². The van der Waals surface area contributed by atoms with Crippen molar-refractivity contribution in [3.05, 3.63) is 28.8 Å². The summed E-state index contributed by atoms with van der Waals surface area (Å²) in [6.45, 7) is 9.39. The summed E-state index contributed by atoms with van der Waals surface area (Å²) >= 11 is 6.01. The van der Waals surface area contributed by atoms with Crippen LogP contribution in [0.1, 0.15) is 39.2 Å². The Hall–Kier alpha value is -0.730. The van der Waals surface area contributed by atoms with Gasteiger partial charge in [0.1, 0.15) is 11.9 Å². The van der Waals surface area contributed by atoms with E-state index < -0.39 is 0 Å². The van der Waals surface area contributed by atoms with Crippen LogP contribution in [0.4, 0.5) is 0 Å². The summed E-state index contributed by atoms with van der Waals surface area (Å²) < 4.78 is 6.07. The molecule has 102 valence electrons. The van der Waals surface area contributed by atoms with Gasteiger partial charge in [-0.2, -0.15) is 0 Å². The van der Waals surface area contributed by atoms with E-state index in [9.17, 15) is 0 Å². The molecule has 0 aliphatic heterocycles. The second-order valence-corrected chi connectivity index (χ2v) is 5.44. The molecular weight excluding hydrogens is 246 g/mol. The molecule has 0 aliphatic rings. The van der Waals surface area contributed by atoms with Gasteiger partial charge in [0.15, 0.2) is 0 Å². The SMILES string of the molecule is CCCC(CNC(C)C)Oc1cc(Cl)ccc1C. The van der Waals surface area contributed by atoms with Crippen molar-refractivity contribution in [1.82, 2.24) is 5.32 Å². The molecule has 0 aliphatic carbocycles. The van der Waals surface area contributed by atoms with Crippen LogP contribution >= 0.6 is 11.6 Å². The van der Waals surface area contributed by atoms with E-state index in [0.29, 0.717) is 6.04 Å². The normalized spacial score (nSPS) is 12.8. The minimum atomic E-state index is 0.203. The fourth-order valence-electron chi connectivity index (χ4n) is 1.77. The highest BCUT2D eigenvalue weighted by Gasteiger charge is 2.11. The summed E-state index contributed by atoms with van der Waals surface area (Å²) in [7, 11) is 0. The molecule has 0 radical (unpaired) electrons. The summed E-state index contributed by atoms with van der Waals surface area (Å²) in [5.74, 6) is 0.895. The van der Waals surface area contributed by atoms with Crippen LogP contribution in [0.25, 0.3) is 0 Å². The van der Waals surface area contributed by atoms with E-state index in [-0.39, 0.29) is 6.10 Å². The van der Waals surface area contributed by atoms with Gasteiger partial charge >= 0.3 is 0 Å². The Bertz CT molecular complexity index is 366. The first-order valence-corrected chi connectivity index (χ1v) is 7.07. The van der Waals surface area contributed by atoms with Gasteiger partial charge in [-0.05, 0) is 31.0 Å². The molecule has 1 unspecified atom stereocenters. The number of aryl methyl sites for hydroxylation is 1. The molecule has 1 aromatic rings. The van der Waals surface area contributed by atoms with Gasteiger partial charge in [0.25, 0.3) is 0 Å². The van der Waals surface area contributed by atoms with Crippen molar-refractivity contribution in [3.63, 3.8) is 0 Å². The third-order valence-corrected chi connectivity index (χ3v) is 3.04. The maximum absolute atomic E-state index is 6.07. The third-order valence-electron chi connectivity index (χ3n) is 2.81. The average Bonchev–Trinajstić information content (AvgIpc) is 2.31. The number of halogens is 1. The number of benzene rings is 1. The first-order valence-electron chi connectivity index (χ1n) is 6.69. The summed E-state index contributed by atoms with van der Waals surface area (Å²) in [6, 6.07) is 6.27. The minimum absolute atomic E-state index is 0.203. The first-order chi connectivity index (χ1) is 8.52. The first kappa shape index (κ1) is 15.3. The molecule has 0 fully saturated rings. The van der Waals surface area contributed by atoms with Crippen molar-refractivity contribution >= 4 is 11.6 Å². The zero-order valence-electron chi connectivity index (χ0n) is 11.8. The Morgan fingerprint density at radius 3 is 2.67 bits per heavy atom. The molecule has 2 nitrogen and oxygen atoms in total. The van der Waals surface area contributed by atoms with E-state index in [2.05, 4.69) is 26.1 Å². The Balaban J connectivity index is 2.66. The van der Waals surface area contributed by atoms with Crippen molar-refractivity contribution in [1.29, 1.82) is 0 Å². The highest BCUT2D eigenvalue weighted by molar-refractivity contribution is 6.30. The Kier molecular flexibility index (Phi) is 6.51. The zero-order valence-corrected chi connectivity index (χ0v) is 12.6. The molecule has 1 rings (SSSR count). The molecule has 1 N–H and O–H groups in total. The molecule has 18 heavy (non-hydrogen) atoms. The highest BCUT2D eigenvalue weighted by atomic mass is 35.5. The van der Waals surface area contributed by atoms with E-state index in [1.54, 1.807) is 0 Å². The second kappa shape index (κ2) is 7.65. The van der Waals surface area contributed by atoms with Crippen molar-refractivity contribution < 1.29 is 4.74 Å². The molecule has 3 heteroatoms. The van der Waals surface area contributed by atoms with Gasteiger partial charge < -0.3 is 10.1 Å². The van der Waals surface area contributed by atoms with Crippen molar-refractivity contribution in [2.45, 2.75) is 52.7 Å². The summed E-state index contributed by atoms with van der Waals surface area (Å²) in [5.41, 5.74) is 1.13. The van der Waals surface area contributed by atoms with E-state index in [4.69, 9.17) is 16.3 Å². The lowest BCUT2D eigenvalue weighted by Gasteiger charge is -2.21. The molecule has 1 atom stereocenters. The second-order valence-electron chi connectivity index (χ2n) is 5.00. The smallest absolute Gasteiger partial charge is 0.124 e. The van der Waals surface area contributed by atoms with Crippen molar-refractivity contribution in [2.24, 2.45) is 0 Å². The van der Waals surface area contributed by atoms with Crippen LogP contribution in [-0.4, -0.2) is 18.7 Å². The summed E-state index contributed by atoms with van der Waals surface area (Å²) in [6.07, 6.45) is 2.37. The number of hydrogen-bond acceptors (Lipinski definition) is 2. The van der Waals surface area contributed by atoms with Gasteiger partial charge in [0.2, 0.25) is 0 Å². The van der Waals surface area contributed by atoms with Crippen LogP contribution in [0.3, 0.4) is 0 Å². The fourth-order valence-corrected chi connectivity index (χ4v) is 1.93. The van der Waals surface area contributed by atoms with Crippen LogP contribution in [-0.2, 0) is 0 Å². The Morgan fingerprint density at radius 1 is 1.33 bits per heavy atom. The summed E-state index contributed by atoms with van der Waals surface area (Å²) in [4.78, 5) is 0. The number of nitrogens with one attached hydrogen (secondary N) is 1. The lowest BCUT2D eigenvalue weighted by Crippen LogP contribution is -2.35. The van der Waals surface area contributed by atoms with Gasteiger partial charge in [-0.1, -0.05) is 44.9 Å². The standard InChI is InChI=1S/C15H24ClNO/c1-5-6-14(10-17-11(2)3)18-15-9-13(16)8-7-12(15)4/h7-9,11,14,17H,5-6,10H2,1-4H3. The zero-order chi connectivity index (χ0) is 13.5. The van der Waals surface area contributed by atoms with Crippen LogP contribution in [0.5, 0.6) is 5.75 Å². The molecule has 1 aromatic carbocycles. The lowest BCUT2D eigenvalue weighted by atomic mass is 10.2. The number of rotatable bonds is 7. The van der Waals surface area contributed by atoms with Crippen LogP contribution in [0, 0.1) is 6.92 Å². The minimum Gasteiger partial charge on any atom is -0.489 e. The maximum atomic E-state index is 6.07. The molecule has 0 aromatic heterocycles. The van der Waals surface area contributed by atoms with E-state index in [0.717, 1.165) is 35.7 Å². The van der Waals surface area contributed by atoms with Crippen LogP contribution in [0.15, 0.2) is 18.2 Å². The molecule has 0 bridgehead atoms. The quantitative estimate of drug-likeness (QED) is 0.801. The molecule has 0 saturated carbocycles. The third kappa shape index (κ3) is 5.28. The fraction of sp³-hybridized carbons (Fsp3) is 0.600. The predicted octanol–water partition coefficient (Wildman–Crippen LogP) is 4.19. The summed E-state index contributed by atoms with van der Waals surface area (Å²) in [5, 5.41) is 4.15. The molecule has 0 heterocycles. The van der Waals surface area contributed by atoms with E-state index in [1.165, 1.54) is 0 Å².